The van der Waals surface area contributed by atoms with E-state index in [0.717, 1.165) is 24.5 Å². The van der Waals surface area contributed by atoms with E-state index in [2.05, 4.69) is 41.0 Å². The summed E-state index contributed by atoms with van der Waals surface area (Å²) in [7, 11) is 1.69. The Morgan fingerprint density at radius 3 is 2.95 bits per heavy atom. The minimum absolute atomic E-state index is 0.475. The second kappa shape index (κ2) is 6.38. The summed E-state index contributed by atoms with van der Waals surface area (Å²) < 4.78 is 7.32. The number of nitrogens with zero attached hydrogens (tertiary/aromatic N) is 2. The van der Waals surface area contributed by atoms with E-state index in [9.17, 15) is 0 Å². The first kappa shape index (κ1) is 13.6. The van der Waals surface area contributed by atoms with Crippen molar-refractivity contribution in [1.29, 1.82) is 0 Å². The maximum Gasteiger partial charge on any atom is 0.119 e. The second-order valence-corrected chi connectivity index (χ2v) is 4.92. The maximum absolute atomic E-state index is 5.23. The molecule has 0 fully saturated rings. The molecule has 0 spiro atoms. The lowest BCUT2D eigenvalue weighted by atomic mass is 10.2. The van der Waals surface area contributed by atoms with E-state index in [1.807, 2.05) is 24.5 Å². The third-order valence-electron chi connectivity index (χ3n) is 2.88. The van der Waals surface area contributed by atoms with Gasteiger partial charge in [0.2, 0.25) is 0 Å². The van der Waals surface area contributed by atoms with Crippen LogP contribution in [0.1, 0.15) is 25.1 Å². The highest BCUT2D eigenvalue weighted by atomic mass is 16.5. The van der Waals surface area contributed by atoms with E-state index < -0.39 is 0 Å². The molecule has 0 atom stereocenters. The fraction of sp³-hybridized carbons (Fsp3) is 0.400. The van der Waals surface area contributed by atoms with Gasteiger partial charge in [0.05, 0.1) is 19.1 Å². The van der Waals surface area contributed by atoms with Gasteiger partial charge in [-0.25, -0.2) is 4.98 Å². The van der Waals surface area contributed by atoms with Gasteiger partial charge < -0.3 is 14.6 Å². The molecule has 0 saturated carbocycles. The molecule has 0 aliphatic carbocycles. The molecule has 0 saturated heterocycles. The summed E-state index contributed by atoms with van der Waals surface area (Å²) in [4.78, 5) is 4.40. The summed E-state index contributed by atoms with van der Waals surface area (Å²) in [5.74, 6) is 0.888. The predicted octanol–water partition coefficient (Wildman–Crippen LogP) is 2.44. The van der Waals surface area contributed by atoms with Crippen LogP contribution >= 0.6 is 0 Å². The minimum Gasteiger partial charge on any atom is -0.497 e. The standard InChI is InChI=1S/C15H21N3O/c1-12(2)16-8-14-10-18(11-17-14)9-13-5-4-6-15(7-13)19-3/h4-7,10-12,16H,8-9H2,1-3H3. The molecular formula is C15H21N3O. The highest BCUT2D eigenvalue weighted by Gasteiger charge is 2.01. The molecule has 0 aliphatic rings. The van der Waals surface area contributed by atoms with Gasteiger partial charge in [-0.1, -0.05) is 26.0 Å². The molecule has 2 rings (SSSR count). The smallest absolute Gasteiger partial charge is 0.119 e. The van der Waals surface area contributed by atoms with E-state index in [0.29, 0.717) is 6.04 Å². The normalized spacial score (nSPS) is 10.9. The quantitative estimate of drug-likeness (QED) is 0.866. The number of methoxy groups -OCH3 is 1. The highest BCUT2D eigenvalue weighted by molar-refractivity contribution is 5.28. The summed E-state index contributed by atoms with van der Waals surface area (Å²) >= 11 is 0. The van der Waals surface area contributed by atoms with Gasteiger partial charge in [0.1, 0.15) is 5.75 Å². The van der Waals surface area contributed by atoms with Crippen LogP contribution in [0.4, 0.5) is 0 Å². The first-order chi connectivity index (χ1) is 9.17. The lowest BCUT2D eigenvalue weighted by Crippen LogP contribution is -2.21. The van der Waals surface area contributed by atoms with Gasteiger partial charge in [-0.05, 0) is 17.7 Å². The average molecular weight is 259 g/mol. The number of rotatable bonds is 6. The molecule has 4 heteroatoms. The van der Waals surface area contributed by atoms with Crippen molar-refractivity contribution in [1.82, 2.24) is 14.9 Å². The monoisotopic (exact) mass is 259 g/mol. The predicted molar refractivity (Wildman–Crippen MR) is 76.3 cm³/mol. The molecule has 2 aromatic rings. The fourth-order valence-corrected chi connectivity index (χ4v) is 1.87. The van der Waals surface area contributed by atoms with E-state index in [1.165, 1.54) is 5.56 Å². The highest BCUT2D eigenvalue weighted by Crippen LogP contribution is 2.13. The molecule has 0 aliphatic heterocycles. The van der Waals surface area contributed by atoms with E-state index in [1.54, 1.807) is 7.11 Å². The number of aromatic nitrogens is 2. The summed E-state index contributed by atoms with van der Waals surface area (Å²) in [5.41, 5.74) is 2.27. The fourth-order valence-electron chi connectivity index (χ4n) is 1.87. The maximum atomic E-state index is 5.23. The Morgan fingerprint density at radius 1 is 1.37 bits per heavy atom. The molecule has 102 valence electrons. The molecule has 0 unspecified atom stereocenters. The van der Waals surface area contributed by atoms with Crippen LogP contribution in [0, 0.1) is 0 Å². The third-order valence-corrected chi connectivity index (χ3v) is 2.88. The van der Waals surface area contributed by atoms with Crippen LogP contribution in [0.5, 0.6) is 5.75 Å². The molecule has 0 amide bonds. The molecule has 4 nitrogen and oxygen atoms in total. The molecule has 0 radical (unpaired) electrons. The van der Waals surface area contributed by atoms with Gasteiger partial charge in [-0.15, -0.1) is 0 Å². The number of hydrogen-bond donors (Lipinski definition) is 1. The van der Waals surface area contributed by atoms with Crippen LogP contribution in [-0.4, -0.2) is 22.7 Å². The zero-order valence-corrected chi connectivity index (χ0v) is 11.8. The number of hydrogen-bond acceptors (Lipinski definition) is 3. The molecule has 0 bridgehead atoms. The first-order valence-corrected chi connectivity index (χ1v) is 6.54. The second-order valence-electron chi connectivity index (χ2n) is 4.92. The third kappa shape index (κ3) is 4.10. The van der Waals surface area contributed by atoms with Crippen molar-refractivity contribution in [3.8, 4) is 5.75 Å². The van der Waals surface area contributed by atoms with Gasteiger partial charge >= 0.3 is 0 Å². The van der Waals surface area contributed by atoms with E-state index >= 15 is 0 Å². The molecule has 1 heterocycles. The Hall–Kier alpha value is -1.81. The molecule has 19 heavy (non-hydrogen) atoms. The van der Waals surface area contributed by atoms with Crippen molar-refractivity contribution in [2.75, 3.05) is 7.11 Å². The number of imidazole rings is 1. The SMILES string of the molecule is COc1cccc(Cn2cnc(CNC(C)C)c2)c1. The Labute approximate surface area is 114 Å². The van der Waals surface area contributed by atoms with Crippen molar-refractivity contribution in [2.24, 2.45) is 0 Å². The Balaban J connectivity index is 1.99. The van der Waals surface area contributed by atoms with Gasteiger partial charge in [0, 0.05) is 25.3 Å². The topological polar surface area (TPSA) is 39.1 Å². The Morgan fingerprint density at radius 2 is 2.21 bits per heavy atom. The zero-order chi connectivity index (χ0) is 13.7. The summed E-state index contributed by atoms with van der Waals surface area (Å²) in [6, 6.07) is 8.58. The van der Waals surface area contributed by atoms with Crippen molar-refractivity contribution in [2.45, 2.75) is 33.0 Å². The van der Waals surface area contributed by atoms with Crippen LogP contribution in [0.15, 0.2) is 36.8 Å². The number of benzene rings is 1. The van der Waals surface area contributed by atoms with Gasteiger partial charge in [-0.3, -0.25) is 0 Å². The molecular weight excluding hydrogens is 238 g/mol. The Bertz CT molecular complexity index is 520. The first-order valence-electron chi connectivity index (χ1n) is 6.54. The number of nitrogens with one attached hydrogen (secondary N) is 1. The minimum atomic E-state index is 0.475. The molecule has 1 aromatic carbocycles. The number of ether oxygens (including phenoxy) is 1. The zero-order valence-electron chi connectivity index (χ0n) is 11.8. The average Bonchev–Trinajstić information content (AvgIpc) is 2.84. The van der Waals surface area contributed by atoms with Crippen LogP contribution in [0.3, 0.4) is 0 Å². The van der Waals surface area contributed by atoms with Crippen LogP contribution in [-0.2, 0) is 13.1 Å². The van der Waals surface area contributed by atoms with E-state index in [-0.39, 0.29) is 0 Å². The van der Waals surface area contributed by atoms with Crippen molar-refractivity contribution < 1.29 is 4.74 Å². The summed E-state index contributed by atoms with van der Waals surface area (Å²) in [6.07, 6.45) is 3.95. The molecule has 1 aromatic heterocycles. The van der Waals surface area contributed by atoms with Crippen LogP contribution < -0.4 is 10.1 Å². The largest absolute Gasteiger partial charge is 0.497 e. The van der Waals surface area contributed by atoms with E-state index in [4.69, 9.17) is 4.74 Å². The van der Waals surface area contributed by atoms with Crippen molar-refractivity contribution >= 4 is 0 Å². The van der Waals surface area contributed by atoms with Gasteiger partial charge in [0.25, 0.3) is 0 Å². The van der Waals surface area contributed by atoms with Crippen LogP contribution in [0.2, 0.25) is 0 Å². The Kier molecular flexibility index (Phi) is 4.58. The molecule has 1 N–H and O–H groups in total. The summed E-state index contributed by atoms with van der Waals surface area (Å²) in [5, 5.41) is 3.36. The lowest BCUT2D eigenvalue weighted by molar-refractivity contribution is 0.414. The summed E-state index contributed by atoms with van der Waals surface area (Å²) in [6.45, 7) is 5.88. The van der Waals surface area contributed by atoms with Crippen molar-refractivity contribution in [3.63, 3.8) is 0 Å². The lowest BCUT2D eigenvalue weighted by Gasteiger charge is -2.06. The van der Waals surface area contributed by atoms with Gasteiger partial charge in [0.15, 0.2) is 0 Å². The van der Waals surface area contributed by atoms with Crippen LogP contribution in [0.25, 0.3) is 0 Å². The van der Waals surface area contributed by atoms with Gasteiger partial charge in [-0.2, -0.15) is 0 Å². The van der Waals surface area contributed by atoms with Crippen molar-refractivity contribution in [3.05, 3.63) is 48.0 Å².